The Kier molecular flexibility index (Phi) is 2.29. The van der Waals surface area contributed by atoms with Crippen molar-refractivity contribution in [3.8, 4) is 0 Å². The highest BCUT2D eigenvalue weighted by atomic mass is 16.3. The van der Waals surface area contributed by atoms with E-state index in [1.165, 1.54) is 0 Å². The van der Waals surface area contributed by atoms with Gasteiger partial charge >= 0.3 is 0 Å². The van der Waals surface area contributed by atoms with Crippen LogP contribution >= 0.6 is 0 Å². The van der Waals surface area contributed by atoms with Crippen LogP contribution in [0.5, 0.6) is 0 Å². The van der Waals surface area contributed by atoms with Crippen LogP contribution in [0.2, 0.25) is 0 Å². The summed E-state index contributed by atoms with van der Waals surface area (Å²) in [7, 11) is 0. The molecule has 2 aromatic heterocycles. The summed E-state index contributed by atoms with van der Waals surface area (Å²) in [5, 5.41) is 17.6. The summed E-state index contributed by atoms with van der Waals surface area (Å²) < 4.78 is 1.80. The van der Waals surface area contributed by atoms with Crippen molar-refractivity contribution < 1.29 is 5.11 Å². The van der Waals surface area contributed by atoms with Gasteiger partial charge in [-0.1, -0.05) is 0 Å². The lowest BCUT2D eigenvalue weighted by Crippen LogP contribution is -2.43. The fourth-order valence-corrected chi connectivity index (χ4v) is 2.19. The molecule has 17 heavy (non-hydrogen) atoms. The molecule has 2 aromatic rings. The molecule has 5 heteroatoms. The maximum atomic E-state index is 10.0. The van der Waals surface area contributed by atoms with Gasteiger partial charge in [0.2, 0.25) is 0 Å². The fourth-order valence-electron chi connectivity index (χ4n) is 2.19. The number of aliphatic hydroxyl groups is 1. The van der Waals surface area contributed by atoms with Crippen molar-refractivity contribution in [3.63, 3.8) is 0 Å². The van der Waals surface area contributed by atoms with Crippen LogP contribution in [0.25, 0.3) is 5.52 Å². The van der Waals surface area contributed by atoms with Gasteiger partial charge in [-0.05, 0) is 32.3 Å². The molecule has 0 unspecified atom stereocenters. The van der Waals surface area contributed by atoms with E-state index in [-0.39, 0.29) is 0 Å². The number of aromatic nitrogens is 3. The molecule has 0 aliphatic heterocycles. The minimum Gasteiger partial charge on any atom is -0.388 e. The number of aryl methyl sites for hydroxylation is 1. The number of fused-ring (bicyclic) bond motifs is 1. The Morgan fingerprint density at radius 1 is 1.53 bits per heavy atom. The van der Waals surface area contributed by atoms with Crippen LogP contribution in [0, 0.1) is 6.92 Å². The molecule has 2 N–H and O–H groups in total. The van der Waals surface area contributed by atoms with E-state index >= 15 is 0 Å². The van der Waals surface area contributed by atoms with Crippen LogP contribution < -0.4 is 5.32 Å². The Morgan fingerprint density at radius 2 is 2.35 bits per heavy atom. The standard InChI is InChI=1S/C12H16N4O/c1-9-7-10-11(13-5-6-16(10)15-9)14-8-12(17)3-2-4-12/h5-7,17H,2-4,8H2,1H3,(H,13,14). The van der Waals surface area contributed by atoms with Gasteiger partial charge in [-0.2, -0.15) is 5.10 Å². The SMILES string of the molecule is Cc1cc2c(NCC3(O)CCC3)nccn2n1. The van der Waals surface area contributed by atoms with Crippen molar-refractivity contribution in [1.82, 2.24) is 14.6 Å². The van der Waals surface area contributed by atoms with Gasteiger partial charge < -0.3 is 10.4 Å². The highest BCUT2D eigenvalue weighted by Crippen LogP contribution is 2.31. The first-order chi connectivity index (χ1) is 8.16. The molecule has 1 saturated carbocycles. The van der Waals surface area contributed by atoms with E-state index in [4.69, 9.17) is 0 Å². The van der Waals surface area contributed by atoms with E-state index in [9.17, 15) is 5.11 Å². The van der Waals surface area contributed by atoms with Crippen LogP contribution in [-0.4, -0.2) is 31.9 Å². The average Bonchev–Trinajstić information content (AvgIpc) is 2.64. The second-order valence-electron chi connectivity index (χ2n) is 4.82. The van der Waals surface area contributed by atoms with Crippen molar-refractivity contribution in [2.45, 2.75) is 31.8 Å². The largest absolute Gasteiger partial charge is 0.388 e. The molecule has 0 bridgehead atoms. The first-order valence-electron chi connectivity index (χ1n) is 5.94. The molecular weight excluding hydrogens is 216 g/mol. The van der Waals surface area contributed by atoms with Crippen LogP contribution in [0.1, 0.15) is 25.0 Å². The monoisotopic (exact) mass is 232 g/mol. The minimum absolute atomic E-state index is 0.538. The molecule has 3 rings (SSSR count). The zero-order valence-corrected chi connectivity index (χ0v) is 9.85. The van der Waals surface area contributed by atoms with Crippen molar-refractivity contribution >= 4 is 11.3 Å². The summed E-state index contributed by atoms with van der Waals surface area (Å²) in [5.74, 6) is 0.786. The molecule has 2 heterocycles. The molecule has 0 saturated heterocycles. The number of anilines is 1. The third-order valence-corrected chi connectivity index (χ3v) is 3.38. The molecular formula is C12H16N4O. The summed E-state index contributed by atoms with van der Waals surface area (Å²) in [6.45, 7) is 2.51. The van der Waals surface area contributed by atoms with Crippen molar-refractivity contribution in [2.24, 2.45) is 0 Å². The summed E-state index contributed by atoms with van der Waals surface area (Å²) in [4.78, 5) is 4.30. The molecule has 0 spiro atoms. The van der Waals surface area contributed by atoms with E-state index in [2.05, 4.69) is 15.4 Å². The lowest BCUT2D eigenvalue weighted by Gasteiger charge is -2.36. The first kappa shape index (κ1) is 10.5. The summed E-state index contributed by atoms with van der Waals surface area (Å²) >= 11 is 0. The number of rotatable bonds is 3. The van der Waals surface area contributed by atoms with Crippen LogP contribution in [-0.2, 0) is 0 Å². The van der Waals surface area contributed by atoms with Gasteiger partial charge in [0.1, 0.15) is 5.52 Å². The zero-order chi connectivity index (χ0) is 11.9. The topological polar surface area (TPSA) is 62.5 Å². The molecule has 0 aromatic carbocycles. The highest BCUT2D eigenvalue weighted by Gasteiger charge is 2.34. The summed E-state index contributed by atoms with van der Waals surface area (Å²) in [5.41, 5.74) is 1.38. The fraction of sp³-hybridized carbons (Fsp3) is 0.500. The first-order valence-corrected chi connectivity index (χ1v) is 5.94. The Morgan fingerprint density at radius 3 is 3.06 bits per heavy atom. The van der Waals surface area contributed by atoms with E-state index in [0.29, 0.717) is 6.54 Å². The van der Waals surface area contributed by atoms with Crippen molar-refractivity contribution in [2.75, 3.05) is 11.9 Å². The van der Waals surface area contributed by atoms with Crippen molar-refractivity contribution in [1.29, 1.82) is 0 Å². The number of hydrogen-bond acceptors (Lipinski definition) is 4. The van der Waals surface area contributed by atoms with Gasteiger partial charge in [0.25, 0.3) is 0 Å². The molecule has 0 atom stereocenters. The van der Waals surface area contributed by atoms with Crippen LogP contribution in [0.4, 0.5) is 5.82 Å². The normalized spacial score (nSPS) is 18.0. The maximum Gasteiger partial charge on any atom is 0.152 e. The molecule has 5 nitrogen and oxygen atoms in total. The van der Waals surface area contributed by atoms with Gasteiger partial charge in [0, 0.05) is 18.9 Å². The zero-order valence-electron chi connectivity index (χ0n) is 9.85. The number of nitrogens with zero attached hydrogens (tertiary/aromatic N) is 3. The van der Waals surface area contributed by atoms with Crippen LogP contribution in [0.15, 0.2) is 18.5 Å². The van der Waals surface area contributed by atoms with E-state index in [1.54, 1.807) is 10.7 Å². The van der Waals surface area contributed by atoms with Gasteiger partial charge in [0.05, 0.1) is 11.3 Å². The Labute approximate surface area is 99.5 Å². The second-order valence-corrected chi connectivity index (χ2v) is 4.82. The molecule has 0 radical (unpaired) electrons. The Bertz CT molecular complexity index is 544. The van der Waals surface area contributed by atoms with E-state index in [0.717, 1.165) is 36.3 Å². The Balaban J connectivity index is 1.84. The Hall–Kier alpha value is -1.62. The summed E-state index contributed by atoms with van der Waals surface area (Å²) in [6, 6.07) is 1.99. The van der Waals surface area contributed by atoms with Gasteiger partial charge in [0.15, 0.2) is 5.82 Å². The second kappa shape index (κ2) is 3.70. The predicted octanol–water partition coefficient (Wildman–Crippen LogP) is 1.36. The third kappa shape index (κ3) is 1.86. The molecule has 1 aliphatic rings. The van der Waals surface area contributed by atoms with Gasteiger partial charge in [-0.25, -0.2) is 9.50 Å². The van der Waals surface area contributed by atoms with Gasteiger partial charge in [-0.15, -0.1) is 0 Å². The van der Waals surface area contributed by atoms with E-state index < -0.39 is 5.60 Å². The minimum atomic E-state index is -0.538. The van der Waals surface area contributed by atoms with Crippen LogP contribution in [0.3, 0.4) is 0 Å². The molecule has 1 aliphatic carbocycles. The summed E-state index contributed by atoms with van der Waals surface area (Å²) in [6.07, 6.45) is 6.41. The van der Waals surface area contributed by atoms with Crippen molar-refractivity contribution in [3.05, 3.63) is 24.2 Å². The average molecular weight is 232 g/mol. The maximum absolute atomic E-state index is 10.0. The number of nitrogens with one attached hydrogen (secondary N) is 1. The quantitative estimate of drug-likeness (QED) is 0.839. The van der Waals surface area contributed by atoms with E-state index in [1.807, 2.05) is 19.2 Å². The third-order valence-electron chi connectivity index (χ3n) is 3.38. The molecule has 0 amide bonds. The highest BCUT2D eigenvalue weighted by molar-refractivity contribution is 5.67. The predicted molar refractivity (Wildman–Crippen MR) is 65.0 cm³/mol. The lowest BCUT2D eigenvalue weighted by atomic mass is 9.80. The molecule has 1 fully saturated rings. The molecule has 90 valence electrons. The lowest BCUT2D eigenvalue weighted by molar-refractivity contribution is -0.0202. The van der Waals surface area contributed by atoms with Gasteiger partial charge in [-0.3, -0.25) is 0 Å². The smallest absolute Gasteiger partial charge is 0.152 e. The number of hydrogen-bond donors (Lipinski definition) is 2.